The number of carbonyl (C=O) groups excluding carboxylic acids is 1. The molecule has 4 heteroatoms. The molecule has 0 saturated carbocycles. The van der Waals surface area contributed by atoms with Crippen molar-refractivity contribution in [3.63, 3.8) is 0 Å². The molecule has 1 fully saturated rings. The second kappa shape index (κ2) is 4.49. The molecule has 15 heavy (non-hydrogen) atoms. The van der Waals surface area contributed by atoms with Gasteiger partial charge in [-0.05, 0) is 40.2 Å². The Hall–Kier alpha value is -0.610. The fourth-order valence-corrected chi connectivity index (χ4v) is 1.68. The van der Waals surface area contributed by atoms with Gasteiger partial charge < -0.3 is 14.8 Å². The summed E-state index contributed by atoms with van der Waals surface area (Å²) >= 11 is 0. The SMILES string of the molecule is COC1(C(=O)OC(C)(C)C)CCCNC1. The molecule has 1 saturated heterocycles. The molecule has 4 nitrogen and oxygen atoms in total. The summed E-state index contributed by atoms with van der Waals surface area (Å²) in [5.41, 5.74) is -1.24. The molecule has 1 N–H and O–H groups in total. The Morgan fingerprint density at radius 3 is 2.47 bits per heavy atom. The quantitative estimate of drug-likeness (QED) is 0.701. The molecule has 1 unspecified atom stereocenters. The zero-order chi connectivity index (χ0) is 11.5. The first-order valence-electron chi connectivity index (χ1n) is 5.39. The average molecular weight is 215 g/mol. The Balaban J connectivity index is 2.68. The van der Waals surface area contributed by atoms with Gasteiger partial charge in [-0.3, -0.25) is 0 Å². The van der Waals surface area contributed by atoms with Crippen molar-refractivity contribution in [1.82, 2.24) is 5.32 Å². The molecular formula is C11H21NO3. The topological polar surface area (TPSA) is 47.6 Å². The van der Waals surface area contributed by atoms with E-state index in [1.807, 2.05) is 20.8 Å². The number of piperidine rings is 1. The highest BCUT2D eigenvalue weighted by molar-refractivity contribution is 5.80. The monoisotopic (exact) mass is 215 g/mol. The van der Waals surface area contributed by atoms with Crippen LogP contribution in [0.2, 0.25) is 0 Å². The summed E-state index contributed by atoms with van der Waals surface area (Å²) in [4.78, 5) is 12.0. The van der Waals surface area contributed by atoms with Gasteiger partial charge in [0.1, 0.15) is 5.60 Å². The molecule has 0 aliphatic carbocycles. The molecule has 1 aliphatic rings. The van der Waals surface area contributed by atoms with Gasteiger partial charge >= 0.3 is 5.97 Å². The van der Waals surface area contributed by atoms with Crippen LogP contribution in [0.25, 0.3) is 0 Å². The third kappa shape index (κ3) is 3.18. The third-order valence-electron chi connectivity index (χ3n) is 2.51. The van der Waals surface area contributed by atoms with Crippen molar-refractivity contribution in [3.8, 4) is 0 Å². The third-order valence-corrected chi connectivity index (χ3v) is 2.51. The van der Waals surface area contributed by atoms with E-state index in [1.54, 1.807) is 7.11 Å². The number of methoxy groups -OCH3 is 1. The molecule has 0 spiro atoms. The molecule has 1 heterocycles. The molecule has 88 valence electrons. The van der Waals surface area contributed by atoms with E-state index in [4.69, 9.17) is 9.47 Å². The number of carbonyl (C=O) groups is 1. The van der Waals surface area contributed by atoms with E-state index < -0.39 is 11.2 Å². The predicted molar refractivity (Wildman–Crippen MR) is 57.7 cm³/mol. The molecule has 0 aromatic rings. The molecule has 1 atom stereocenters. The van der Waals surface area contributed by atoms with E-state index in [9.17, 15) is 4.79 Å². The summed E-state index contributed by atoms with van der Waals surface area (Å²) in [5, 5.41) is 3.17. The lowest BCUT2D eigenvalue weighted by atomic mass is 9.93. The van der Waals surface area contributed by atoms with Crippen LogP contribution >= 0.6 is 0 Å². The fraction of sp³-hybridized carbons (Fsp3) is 0.909. The number of hydrogen-bond acceptors (Lipinski definition) is 4. The largest absolute Gasteiger partial charge is 0.458 e. The minimum Gasteiger partial charge on any atom is -0.458 e. The van der Waals surface area contributed by atoms with E-state index >= 15 is 0 Å². The molecular weight excluding hydrogens is 194 g/mol. The first kappa shape index (κ1) is 12.5. The van der Waals surface area contributed by atoms with Crippen LogP contribution in [0.3, 0.4) is 0 Å². The van der Waals surface area contributed by atoms with Gasteiger partial charge in [-0.2, -0.15) is 0 Å². The molecule has 0 bridgehead atoms. The van der Waals surface area contributed by atoms with Crippen molar-refractivity contribution in [2.45, 2.75) is 44.8 Å². The van der Waals surface area contributed by atoms with Crippen molar-refractivity contribution < 1.29 is 14.3 Å². The minimum absolute atomic E-state index is 0.260. The van der Waals surface area contributed by atoms with Gasteiger partial charge in [-0.1, -0.05) is 0 Å². The first-order chi connectivity index (χ1) is 6.90. The maximum absolute atomic E-state index is 12.0. The maximum Gasteiger partial charge on any atom is 0.340 e. The smallest absolute Gasteiger partial charge is 0.340 e. The Morgan fingerprint density at radius 1 is 1.40 bits per heavy atom. The van der Waals surface area contributed by atoms with Gasteiger partial charge in [0.2, 0.25) is 0 Å². The normalized spacial score (nSPS) is 27.5. The fourth-order valence-electron chi connectivity index (χ4n) is 1.68. The van der Waals surface area contributed by atoms with E-state index in [0.717, 1.165) is 19.4 Å². The summed E-state index contributed by atoms with van der Waals surface area (Å²) in [7, 11) is 1.57. The van der Waals surface area contributed by atoms with E-state index in [2.05, 4.69) is 5.32 Å². The van der Waals surface area contributed by atoms with Crippen molar-refractivity contribution in [3.05, 3.63) is 0 Å². The predicted octanol–water partition coefficient (Wildman–Crippen LogP) is 1.10. The van der Waals surface area contributed by atoms with Gasteiger partial charge in [-0.25, -0.2) is 4.79 Å². The highest BCUT2D eigenvalue weighted by atomic mass is 16.6. The van der Waals surface area contributed by atoms with E-state index in [0.29, 0.717) is 6.54 Å². The van der Waals surface area contributed by atoms with Crippen molar-refractivity contribution in [2.24, 2.45) is 0 Å². The van der Waals surface area contributed by atoms with E-state index in [1.165, 1.54) is 0 Å². The van der Waals surface area contributed by atoms with Crippen LogP contribution < -0.4 is 5.32 Å². The Kier molecular flexibility index (Phi) is 3.73. The van der Waals surface area contributed by atoms with Crippen LogP contribution in [-0.2, 0) is 14.3 Å². The van der Waals surface area contributed by atoms with Crippen LogP contribution in [0.5, 0.6) is 0 Å². The number of esters is 1. The van der Waals surface area contributed by atoms with Crippen LogP contribution in [-0.4, -0.2) is 37.4 Å². The van der Waals surface area contributed by atoms with Crippen LogP contribution in [0.4, 0.5) is 0 Å². The summed E-state index contributed by atoms with van der Waals surface area (Å²) in [6.07, 6.45) is 1.67. The first-order valence-corrected chi connectivity index (χ1v) is 5.39. The zero-order valence-corrected chi connectivity index (χ0v) is 10.1. The lowest BCUT2D eigenvalue weighted by molar-refractivity contribution is -0.182. The van der Waals surface area contributed by atoms with Crippen molar-refractivity contribution in [2.75, 3.05) is 20.2 Å². The Labute approximate surface area is 91.3 Å². The molecule has 0 aromatic carbocycles. The Bertz CT molecular complexity index is 226. The van der Waals surface area contributed by atoms with Gasteiger partial charge in [0, 0.05) is 13.7 Å². The second-order valence-corrected chi connectivity index (χ2v) is 4.98. The lowest BCUT2D eigenvalue weighted by Gasteiger charge is -2.36. The minimum atomic E-state index is -0.786. The zero-order valence-electron chi connectivity index (χ0n) is 10.1. The van der Waals surface area contributed by atoms with E-state index in [-0.39, 0.29) is 5.97 Å². The molecule has 1 rings (SSSR count). The second-order valence-electron chi connectivity index (χ2n) is 4.98. The van der Waals surface area contributed by atoms with Gasteiger partial charge in [0.25, 0.3) is 0 Å². The summed E-state index contributed by atoms with van der Waals surface area (Å²) in [5.74, 6) is -0.260. The van der Waals surface area contributed by atoms with Crippen molar-refractivity contribution in [1.29, 1.82) is 0 Å². The molecule has 0 aromatic heterocycles. The number of nitrogens with one attached hydrogen (secondary N) is 1. The lowest BCUT2D eigenvalue weighted by Crippen LogP contribution is -2.54. The summed E-state index contributed by atoms with van der Waals surface area (Å²) < 4.78 is 10.7. The average Bonchev–Trinajstić information content (AvgIpc) is 2.16. The number of rotatable bonds is 2. The van der Waals surface area contributed by atoms with Gasteiger partial charge in [0.05, 0.1) is 0 Å². The van der Waals surface area contributed by atoms with Crippen LogP contribution in [0.15, 0.2) is 0 Å². The summed E-state index contributed by atoms with van der Waals surface area (Å²) in [6.45, 7) is 7.08. The van der Waals surface area contributed by atoms with Gasteiger partial charge in [0.15, 0.2) is 5.60 Å². The molecule has 1 aliphatic heterocycles. The molecule has 0 amide bonds. The highest BCUT2D eigenvalue weighted by Gasteiger charge is 2.42. The van der Waals surface area contributed by atoms with Crippen LogP contribution in [0, 0.1) is 0 Å². The summed E-state index contributed by atoms with van der Waals surface area (Å²) in [6, 6.07) is 0. The van der Waals surface area contributed by atoms with Crippen LogP contribution in [0.1, 0.15) is 33.6 Å². The maximum atomic E-state index is 12.0. The number of hydrogen-bond donors (Lipinski definition) is 1. The Morgan fingerprint density at radius 2 is 2.07 bits per heavy atom. The van der Waals surface area contributed by atoms with Crippen molar-refractivity contribution >= 4 is 5.97 Å². The standard InChI is InChI=1S/C11H21NO3/c1-10(2,3)15-9(13)11(14-4)6-5-7-12-8-11/h12H,5-8H2,1-4H3. The molecule has 0 radical (unpaired) electrons. The number of ether oxygens (including phenoxy) is 2. The highest BCUT2D eigenvalue weighted by Crippen LogP contribution is 2.24. The van der Waals surface area contributed by atoms with Gasteiger partial charge in [-0.15, -0.1) is 0 Å².